The summed E-state index contributed by atoms with van der Waals surface area (Å²) < 4.78 is 1.48. The van der Waals surface area contributed by atoms with Gasteiger partial charge < -0.3 is 20.4 Å². The van der Waals surface area contributed by atoms with E-state index in [0.717, 1.165) is 16.9 Å². The first-order chi connectivity index (χ1) is 11.2. The lowest BCUT2D eigenvalue weighted by atomic mass is 10.3. The van der Waals surface area contributed by atoms with Crippen molar-refractivity contribution in [2.75, 3.05) is 11.9 Å². The molecule has 0 aliphatic carbocycles. The van der Waals surface area contributed by atoms with Gasteiger partial charge in [0.15, 0.2) is 0 Å². The number of hydrogen-bond donors (Lipinski definition) is 2. The van der Waals surface area contributed by atoms with E-state index in [4.69, 9.17) is 0 Å². The fourth-order valence-corrected chi connectivity index (χ4v) is 3.20. The highest BCUT2D eigenvalue weighted by atomic mass is 32.1. The smallest absolute Gasteiger partial charge is 0.362 e. The minimum absolute atomic E-state index is 0.0362. The molecule has 2 N–H and O–H groups in total. The number of anilines is 1. The summed E-state index contributed by atoms with van der Waals surface area (Å²) in [7, 11) is 0. The van der Waals surface area contributed by atoms with Gasteiger partial charge in [0.25, 0.3) is 4.96 Å². The average molecular weight is 328 g/mol. The summed E-state index contributed by atoms with van der Waals surface area (Å²) in [6, 6.07) is 7.79. The topological polar surface area (TPSA) is 101 Å². The van der Waals surface area contributed by atoms with Gasteiger partial charge in [-0.2, -0.15) is 9.38 Å². The largest absolute Gasteiger partial charge is 0.372 e. The molecule has 0 saturated heterocycles. The average Bonchev–Trinajstić information content (AvgIpc) is 3.19. The lowest BCUT2D eigenvalue weighted by Crippen LogP contribution is -2.08. The van der Waals surface area contributed by atoms with Crippen molar-refractivity contribution in [1.29, 1.82) is 0 Å². The Kier molecular flexibility index (Phi) is 3.19. The van der Waals surface area contributed by atoms with Gasteiger partial charge >= 0.3 is 5.82 Å². The Morgan fingerprint density at radius 3 is 3.04 bits per heavy atom. The molecule has 3 heterocycles. The SMILES string of the molecule is O=[N+]([O-])c1c(NCCc2nc3ccccc3[nH]2)nc2sccn12. The summed E-state index contributed by atoms with van der Waals surface area (Å²) in [6.45, 7) is 0.505. The van der Waals surface area contributed by atoms with Crippen LogP contribution in [0.5, 0.6) is 0 Å². The number of rotatable bonds is 5. The Balaban J connectivity index is 1.51. The predicted octanol–water partition coefficient (Wildman–Crippen LogP) is 2.83. The molecule has 23 heavy (non-hydrogen) atoms. The zero-order valence-electron chi connectivity index (χ0n) is 11.9. The zero-order valence-corrected chi connectivity index (χ0v) is 12.7. The molecule has 3 aromatic heterocycles. The molecular formula is C14H12N6O2S. The van der Waals surface area contributed by atoms with E-state index in [1.54, 1.807) is 11.6 Å². The Hall–Kier alpha value is -2.94. The molecule has 0 aliphatic rings. The normalized spacial score (nSPS) is 11.3. The molecule has 0 atom stereocenters. The maximum absolute atomic E-state index is 11.2. The third-order valence-corrected chi connectivity index (χ3v) is 4.26. The van der Waals surface area contributed by atoms with Gasteiger partial charge in [-0.3, -0.25) is 0 Å². The maximum atomic E-state index is 11.2. The van der Waals surface area contributed by atoms with E-state index in [1.165, 1.54) is 15.7 Å². The number of nitrogens with zero attached hydrogens (tertiary/aromatic N) is 4. The Morgan fingerprint density at radius 1 is 1.35 bits per heavy atom. The summed E-state index contributed by atoms with van der Waals surface area (Å²) in [5.74, 6) is 1.09. The second kappa shape index (κ2) is 5.36. The van der Waals surface area contributed by atoms with Crippen LogP contribution in [0, 0.1) is 10.1 Å². The minimum atomic E-state index is -0.420. The van der Waals surface area contributed by atoms with E-state index < -0.39 is 4.92 Å². The second-order valence-corrected chi connectivity index (χ2v) is 5.85. The first-order valence-corrected chi connectivity index (χ1v) is 7.88. The summed E-state index contributed by atoms with van der Waals surface area (Å²) >= 11 is 1.36. The van der Waals surface area contributed by atoms with E-state index in [9.17, 15) is 10.1 Å². The van der Waals surface area contributed by atoms with Crippen molar-refractivity contribution in [2.45, 2.75) is 6.42 Å². The Labute approximate surface area is 134 Å². The molecule has 1 aromatic carbocycles. The number of nitro groups is 1. The number of para-hydroxylation sites is 2. The standard InChI is InChI=1S/C14H12N6O2S/c21-20(22)13-12(18-14-19(13)7-8-23-14)15-6-5-11-16-9-3-1-2-4-10(9)17-11/h1-4,7-8,15H,5-6H2,(H,16,17). The number of hydrogen-bond acceptors (Lipinski definition) is 6. The van der Waals surface area contributed by atoms with Crippen LogP contribution in [0.2, 0.25) is 0 Å². The highest BCUT2D eigenvalue weighted by Gasteiger charge is 2.23. The van der Waals surface area contributed by atoms with Crippen LogP contribution in [-0.2, 0) is 6.42 Å². The van der Waals surface area contributed by atoms with Gasteiger partial charge in [0, 0.05) is 18.3 Å². The zero-order chi connectivity index (χ0) is 15.8. The van der Waals surface area contributed by atoms with Crippen molar-refractivity contribution in [3.05, 3.63) is 51.8 Å². The summed E-state index contributed by atoms with van der Waals surface area (Å²) in [5.41, 5.74) is 1.90. The number of benzene rings is 1. The fraction of sp³-hybridized carbons (Fsp3) is 0.143. The van der Waals surface area contributed by atoms with Crippen molar-refractivity contribution in [3.8, 4) is 0 Å². The van der Waals surface area contributed by atoms with E-state index in [-0.39, 0.29) is 11.6 Å². The van der Waals surface area contributed by atoms with Crippen LogP contribution < -0.4 is 5.32 Å². The summed E-state index contributed by atoms with van der Waals surface area (Å²) in [6.07, 6.45) is 2.27. The van der Waals surface area contributed by atoms with Crippen molar-refractivity contribution in [3.63, 3.8) is 0 Å². The Morgan fingerprint density at radius 2 is 2.22 bits per heavy atom. The first kappa shape index (κ1) is 13.7. The van der Waals surface area contributed by atoms with Crippen LogP contribution in [0.1, 0.15) is 5.82 Å². The lowest BCUT2D eigenvalue weighted by Gasteiger charge is -2.01. The highest BCUT2D eigenvalue weighted by Crippen LogP contribution is 2.27. The monoisotopic (exact) mass is 328 g/mol. The number of thiazole rings is 1. The molecule has 4 aromatic rings. The fourth-order valence-electron chi connectivity index (χ4n) is 2.49. The van der Waals surface area contributed by atoms with Gasteiger partial charge in [-0.05, 0) is 17.1 Å². The second-order valence-electron chi connectivity index (χ2n) is 4.97. The molecule has 8 nitrogen and oxygen atoms in total. The number of imidazole rings is 2. The molecule has 0 unspecified atom stereocenters. The Bertz CT molecular complexity index is 968. The maximum Gasteiger partial charge on any atom is 0.372 e. The first-order valence-electron chi connectivity index (χ1n) is 7.00. The van der Waals surface area contributed by atoms with Crippen LogP contribution in [0.15, 0.2) is 35.8 Å². The third kappa shape index (κ3) is 2.40. The summed E-state index contributed by atoms with van der Waals surface area (Å²) in [5, 5.41) is 16.0. The van der Waals surface area contributed by atoms with Crippen LogP contribution in [-0.4, -0.2) is 30.8 Å². The van der Waals surface area contributed by atoms with Crippen LogP contribution in [0.25, 0.3) is 16.0 Å². The van der Waals surface area contributed by atoms with Gasteiger partial charge in [-0.15, -0.1) is 0 Å². The van der Waals surface area contributed by atoms with Crippen molar-refractivity contribution < 1.29 is 4.92 Å². The van der Waals surface area contributed by atoms with Crippen LogP contribution in [0.3, 0.4) is 0 Å². The van der Waals surface area contributed by atoms with Gasteiger partial charge in [0.2, 0.25) is 5.82 Å². The lowest BCUT2D eigenvalue weighted by molar-refractivity contribution is -0.389. The quantitative estimate of drug-likeness (QED) is 0.433. The van der Waals surface area contributed by atoms with E-state index in [2.05, 4.69) is 20.3 Å². The van der Waals surface area contributed by atoms with Crippen molar-refractivity contribution >= 4 is 39.0 Å². The van der Waals surface area contributed by atoms with E-state index >= 15 is 0 Å². The van der Waals surface area contributed by atoms with E-state index in [1.807, 2.05) is 24.3 Å². The van der Waals surface area contributed by atoms with Gasteiger partial charge in [-0.25, -0.2) is 4.98 Å². The molecule has 0 radical (unpaired) electrons. The number of fused-ring (bicyclic) bond motifs is 2. The predicted molar refractivity (Wildman–Crippen MR) is 88.0 cm³/mol. The molecule has 0 bridgehead atoms. The molecule has 9 heteroatoms. The third-order valence-electron chi connectivity index (χ3n) is 3.50. The molecular weight excluding hydrogens is 316 g/mol. The molecule has 0 amide bonds. The molecule has 0 fully saturated rings. The van der Waals surface area contributed by atoms with E-state index in [0.29, 0.717) is 17.9 Å². The summed E-state index contributed by atoms with van der Waals surface area (Å²) in [4.78, 5) is 23.4. The number of aromatic amines is 1. The molecule has 0 saturated carbocycles. The van der Waals surface area contributed by atoms with Gasteiger partial charge in [0.1, 0.15) is 12.0 Å². The van der Waals surface area contributed by atoms with Gasteiger partial charge in [0.05, 0.1) is 11.0 Å². The molecule has 4 rings (SSSR count). The molecule has 116 valence electrons. The molecule has 0 aliphatic heterocycles. The minimum Gasteiger partial charge on any atom is -0.362 e. The number of H-pyrrole nitrogens is 1. The number of aromatic nitrogens is 4. The molecule has 0 spiro atoms. The van der Waals surface area contributed by atoms with Crippen LogP contribution >= 0.6 is 11.3 Å². The van der Waals surface area contributed by atoms with Crippen molar-refractivity contribution in [2.24, 2.45) is 0 Å². The van der Waals surface area contributed by atoms with Gasteiger partial charge in [-0.1, -0.05) is 23.5 Å². The highest BCUT2D eigenvalue weighted by molar-refractivity contribution is 7.15. The van der Waals surface area contributed by atoms with Crippen molar-refractivity contribution in [1.82, 2.24) is 19.4 Å². The number of nitrogens with one attached hydrogen (secondary N) is 2. The van der Waals surface area contributed by atoms with Crippen LogP contribution in [0.4, 0.5) is 11.6 Å².